The van der Waals surface area contributed by atoms with Crippen LogP contribution in [0.3, 0.4) is 0 Å². The molecule has 0 aliphatic rings. The molecular weight excluding hydrogens is 564 g/mol. The van der Waals surface area contributed by atoms with Crippen LogP contribution in [0, 0.1) is 0 Å². The second-order valence-electron chi connectivity index (χ2n) is 9.18. The summed E-state index contributed by atoms with van der Waals surface area (Å²) in [6, 6.07) is 37.5. The number of para-hydroxylation sites is 1. The Morgan fingerprint density at radius 3 is 1.72 bits per heavy atom. The average Bonchev–Trinajstić information content (AvgIpc) is 3.06. The molecule has 0 saturated heterocycles. The summed E-state index contributed by atoms with van der Waals surface area (Å²) in [5.74, 6) is -1.02. The van der Waals surface area contributed by atoms with Crippen molar-refractivity contribution in [2.75, 3.05) is 11.4 Å². The minimum atomic E-state index is -4.47. The molecule has 0 spiro atoms. The van der Waals surface area contributed by atoms with Crippen LogP contribution in [0.15, 0.2) is 150 Å². The molecule has 1 amide bonds. The van der Waals surface area contributed by atoms with Crippen molar-refractivity contribution in [2.45, 2.75) is 4.90 Å². The van der Waals surface area contributed by atoms with Crippen LogP contribution in [-0.2, 0) is 14.9 Å². The lowest BCUT2D eigenvalue weighted by Crippen LogP contribution is -2.38. The zero-order valence-electron chi connectivity index (χ0n) is 23.0. The van der Waals surface area contributed by atoms with E-state index >= 15 is 0 Å². The van der Waals surface area contributed by atoms with Gasteiger partial charge in [-0.25, -0.2) is 13.2 Å². The van der Waals surface area contributed by atoms with Crippen LogP contribution in [0.5, 0.6) is 5.75 Å². The molecule has 0 radical (unpaired) electrons. The van der Waals surface area contributed by atoms with Crippen LogP contribution in [-0.4, -0.2) is 33.1 Å². The number of sulfonamides is 1. The Morgan fingerprint density at radius 2 is 1.14 bits per heavy atom. The van der Waals surface area contributed by atoms with Gasteiger partial charge in [0.15, 0.2) is 0 Å². The lowest BCUT2D eigenvalue weighted by molar-refractivity contribution is 0.0517. The summed E-state index contributed by atoms with van der Waals surface area (Å²) in [4.78, 5) is 32.1. The molecule has 0 aromatic heterocycles. The summed E-state index contributed by atoms with van der Waals surface area (Å²) in [6.45, 7) is 0. The van der Waals surface area contributed by atoms with E-state index in [0.717, 1.165) is 4.31 Å². The molecule has 9 heteroatoms. The van der Waals surface area contributed by atoms with Gasteiger partial charge in [0.25, 0.3) is 15.9 Å². The van der Waals surface area contributed by atoms with Gasteiger partial charge >= 0.3 is 5.97 Å². The van der Waals surface area contributed by atoms with Crippen molar-refractivity contribution in [1.82, 2.24) is 0 Å². The molecule has 0 aliphatic heterocycles. The van der Waals surface area contributed by atoms with Gasteiger partial charge in [-0.1, -0.05) is 90.1 Å². The molecule has 0 atom stereocenters. The fraction of sp³-hybridized carbons (Fsp3) is 0.0294. The van der Waals surface area contributed by atoms with Crippen LogP contribution in [0.2, 0.25) is 0 Å². The first-order valence-electron chi connectivity index (χ1n) is 13.2. The molecule has 5 rings (SSSR count). The van der Waals surface area contributed by atoms with Crippen molar-refractivity contribution >= 4 is 33.3 Å². The number of carbonyl (C=O) groups excluding carboxylic acids is 2. The van der Waals surface area contributed by atoms with Crippen molar-refractivity contribution < 1.29 is 27.6 Å². The van der Waals surface area contributed by atoms with Gasteiger partial charge in [0.05, 0.1) is 23.3 Å². The van der Waals surface area contributed by atoms with E-state index in [0.29, 0.717) is 11.3 Å². The quantitative estimate of drug-likeness (QED) is 0.113. The summed E-state index contributed by atoms with van der Waals surface area (Å²) >= 11 is 0. The number of anilines is 1. The first-order valence-corrected chi connectivity index (χ1v) is 14.6. The number of hydrogen-bond acceptors (Lipinski definition) is 7. The standard InChI is InChI=1S/C34H26N2O6S/c1-41-28-21-23-29(24-22-28)43(39,40)36(33(37)26-15-7-3-8-16-26)31-20-12-11-19-30(31)32(25-13-5-2-6-14-25)35-42-34(38)27-17-9-4-10-18-27/h2-24H,1H3/b35-32+. The number of methoxy groups -OCH3 is 1. The third-order valence-electron chi connectivity index (χ3n) is 6.46. The molecule has 0 N–H and O–H groups in total. The maximum atomic E-state index is 14.2. The van der Waals surface area contributed by atoms with E-state index in [1.54, 1.807) is 91.0 Å². The molecule has 0 bridgehead atoms. The Hall–Kier alpha value is -5.54. The number of benzene rings is 5. The predicted octanol–water partition coefficient (Wildman–Crippen LogP) is 6.34. The van der Waals surface area contributed by atoms with Gasteiger partial charge in [-0.2, -0.15) is 4.31 Å². The first kappa shape index (κ1) is 29.0. The summed E-state index contributed by atoms with van der Waals surface area (Å²) < 4.78 is 34.4. The summed E-state index contributed by atoms with van der Waals surface area (Å²) in [5, 5.41) is 4.21. The first-order chi connectivity index (χ1) is 20.9. The number of rotatable bonds is 9. The van der Waals surface area contributed by atoms with Crippen molar-refractivity contribution in [1.29, 1.82) is 0 Å². The number of carbonyl (C=O) groups is 2. The van der Waals surface area contributed by atoms with Gasteiger partial charge < -0.3 is 9.57 Å². The maximum Gasteiger partial charge on any atom is 0.365 e. The Labute approximate surface area is 249 Å². The number of ether oxygens (including phenoxy) is 1. The lowest BCUT2D eigenvalue weighted by Gasteiger charge is -2.25. The molecule has 5 aromatic rings. The Balaban J connectivity index is 1.69. The van der Waals surface area contributed by atoms with Gasteiger partial charge in [-0.05, 0) is 54.6 Å². The van der Waals surface area contributed by atoms with E-state index in [2.05, 4.69) is 5.16 Å². The molecule has 0 saturated carbocycles. The third-order valence-corrected chi connectivity index (χ3v) is 8.17. The third kappa shape index (κ3) is 6.37. The fourth-order valence-electron chi connectivity index (χ4n) is 4.32. The Morgan fingerprint density at radius 1 is 0.628 bits per heavy atom. The molecule has 43 heavy (non-hydrogen) atoms. The normalized spacial score (nSPS) is 11.4. The summed E-state index contributed by atoms with van der Waals surface area (Å²) in [5.41, 5.74) is 1.39. The summed E-state index contributed by atoms with van der Waals surface area (Å²) in [7, 11) is -3.00. The van der Waals surface area contributed by atoms with E-state index in [4.69, 9.17) is 9.57 Å². The van der Waals surface area contributed by atoms with E-state index in [9.17, 15) is 18.0 Å². The highest BCUT2D eigenvalue weighted by Crippen LogP contribution is 2.32. The van der Waals surface area contributed by atoms with E-state index in [-0.39, 0.29) is 33.0 Å². The van der Waals surface area contributed by atoms with Gasteiger partial charge in [0.2, 0.25) is 0 Å². The van der Waals surface area contributed by atoms with Crippen LogP contribution in [0.1, 0.15) is 31.8 Å². The van der Waals surface area contributed by atoms with Gasteiger partial charge in [0.1, 0.15) is 11.5 Å². The highest BCUT2D eigenvalue weighted by molar-refractivity contribution is 7.93. The largest absolute Gasteiger partial charge is 0.497 e. The molecule has 5 aromatic carbocycles. The van der Waals surface area contributed by atoms with Gasteiger partial charge in [-0.15, -0.1) is 0 Å². The second-order valence-corrected chi connectivity index (χ2v) is 11.0. The SMILES string of the molecule is COc1ccc(S(=O)(=O)N(C(=O)c2ccccc2)c2ccccc2/C(=N/OC(=O)c2ccccc2)c2ccccc2)cc1. The highest BCUT2D eigenvalue weighted by atomic mass is 32.2. The lowest BCUT2D eigenvalue weighted by atomic mass is 10.0. The molecule has 214 valence electrons. The van der Waals surface area contributed by atoms with E-state index in [1.807, 2.05) is 6.07 Å². The van der Waals surface area contributed by atoms with E-state index < -0.39 is 21.9 Å². The predicted molar refractivity (Wildman–Crippen MR) is 164 cm³/mol. The van der Waals surface area contributed by atoms with Crippen molar-refractivity contribution in [3.63, 3.8) is 0 Å². The molecule has 0 fully saturated rings. The molecule has 0 aliphatic carbocycles. The summed E-state index contributed by atoms with van der Waals surface area (Å²) in [6.07, 6.45) is 0. The molecular formula is C34H26N2O6S. The Kier molecular flexibility index (Phi) is 8.74. The number of amides is 1. The number of hydrogen-bond donors (Lipinski definition) is 0. The van der Waals surface area contributed by atoms with Crippen LogP contribution >= 0.6 is 0 Å². The minimum absolute atomic E-state index is 0.0190. The number of oxime groups is 1. The maximum absolute atomic E-state index is 14.2. The molecule has 8 nitrogen and oxygen atoms in total. The topological polar surface area (TPSA) is 102 Å². The Bertz CT molecular complexity index is 1860. The molecule has 0 unspecified atom stereocenters. The average molecular weight is 591 g/mol. The molecule has 0 heterocycles. The van der Waals surface area contributed by atoms with E-state index in [1.165, 1.54) is 49.6 Å². The number of nitrogens with zero attached hydrogens (tertiary/aromatic N) is 2. The smallest absolute Gasteiger partial charge is 0.365 e. The van der Waals surface area contributed by atoms with Crippen LogP contribution in [0.4, 0.5) is 5.69 Å². The van der Waals surface area contributed by atoms with Crippen molar-refractivity contribution in [2.24, 2.45) is 5.16 Å². The zero-order valence-corrected chi connectivity index (χ0v) is 23.8. The zero-order chi connectivity index (χ0) is 30.2. The monoisotopic (exact) mass is 590 g/mol. The van der Waals surface area contributed by atoms with Crippen LogP contribution in [0.25, 0.3) is 0 Å². The second kappa shape index (κ2) is 13.0. The fourth-order valence-corrected chi connectivity index (χ4v) is 5.75. The van der Waals surface area contributed by atoms with Crippen LogP contribution < -0.4 is 9.04 Å². The van der Waals surface area contributed by atoms with Gasteiger partial charge in [0, 0.05) is 16.7 Å². The highest BCUT2D eigenvalue weighted by Gasteiger charge is 2.34. The van der Waals surface area contributed by atoms with Gasteiger partial charge in [-0.3, -0.25) is 4.79 Å². The van der Waals surface area contributed by atoms with Crippen molar-refractivity contribution in [3.05, 3.63) is 162 Å². The van der Waals surface area contributed by atoms with Crippen molar-refractivity contribution in [3.8, 4) is 5.75 Å². The minimum Gasteiger partial charge on any atom is -0.497 e.